The molecule has 0 aliphatic carbocycles. The molecule has 1 heterocycles. The number of ether oxygens (including phenoxy) is 1. The minimum absolute atomic E-state index is 0.0340. The van der Waals surface area contributed by atoms with Crippen LogP contribution in [-0.2, 0) is 11.4 Å². The minimum atomic E-state index is -0.445. The Hall–Kier alpha value is -2.95. The molecule has 2 aromatic rings. The molecule has 29 heavy (non-hydrogen) atoms. The van der Waals surface area contributed by atoms with Crippen molar-refractivity contribution >= 4 is 46.3 Å². The largest absolute Gasteiger partial charge is 0.488 e. The van der Waals surface area contributed by atoms with Crippen LogP contribution in [0, 0.1) is 13.7 Å². The fourth-order valence-electron chi connectivity index (χ4n) is 2.76. The number of imide groups is 1. The lowest BCUT2D eigenvalue weighted by Gasteiger charge is -2.09. The third-order valence-corrected chi connectivity index (χ3v) is 5.06. The lowest BCUT2D eigenvalue weighted by molar-refractivity contribution is -0.384. The van der Waals surface area contributed by atoms with Crippen molar-refractivity contribution in [1.82, 2.24) is 10.2 Å². The van der Waals surface area contributed by atoms with Gasteiger partial charge in [0.1, 0.15) is 18.1 Å². The Balaban J connectivity index is 1.68. The summed E-state index contributed by atoms with van der Waals surface area (Å²) in [6.07, 6.45) is 2.34. The van der Waals surface area contributed by atoms with Crippen LogP contribution < -0.4 is 10.1 Å². The highest BCUT2D eigenvalue weighted by Gasteiger charge is 2.32. The zero-order valence-electron chi connectivity index (χ0n) is 15.6. The summed E-state index contributed by atoms with van der Waals surface area (Å²) in [5.74, 6) is 0.325. The average molecular weight is 507 g/mol. The molecule has 1 fully saturated rings. The number of halogens is 1. The van der Waals surface area contributed by atoms with Crippen LogP contribution in [0.25, 0.3) is 6.08 Å². The molecule has 0 aromatic heterocycles. The molecule has 3 amide bonds. The highest BCUT2D eigenvalue weighted by atomic mass is 127. The first-order chi connectivity index (χ1) is 13.9. The Morgan fingerprint density at radius 3 is 2.55 bits per heavy atom. The van der Waals surface area contributed by atoms with Gasteiger partial charge in [0.25, 0.3) is 11.6 Å². The Morgan fingerprint density at radius 1 is 1.21 bits per heavy atom. The Labute approximate surface area is 180 Å². The minimum Gasteiger partial charge on any atom is -0.488 e. The quantitative estimate of drug-likeness (QED) is 0.200. The van der Waals surface area contributed by atoms with E-state index >= 15 is 0 Å². The Morgan fingerprint density at radius 2 is 1.93 bits per heavy atom. The normalized spacial score (nSPS) is 15.0. The average Bonchev–Trinajstić information content (AvgIpc) is 2.95. The number of rotatable bonds is 7. The van der Waals surface area contributed by atoms with Gasteiger partial charge in [-0.05, 0) is 70.5 Å². The van der Waals surface area contributed by atoms with Crippen LogP contribution in [0.4, 0.5) is 10.5 Å². The van der Waals surface area contributed by atoms with E-state index in [-0.39, 0.29) is 23.9 Å². The van der Waals surface area contributed by atoms with Gasteiger partial charge in [-0.25, -0.2) is 4.79 Å². The highest BCUT2D eigenvalue weighted by molar-refractivity contribution is 14.1. The molecule has 1 aliphatic rings. The van der Waals surface area contributed by atoms with Gasteiger partial charge in [-0.2, -0.15) is 0 Å². The molecule has 1 N–H and O–H groups in total. The predicted molar refractivity (Wildman–Crippen MR) is 115 cm³/mol. The molecule has 0 bridgehead atoms. The second kappa shape index (κ2) is 9.03. The number of hydrogen-bond acceptors (Lipinski definition) is 5. The number of amides is 3. The van der Waals surface area contributed by atoms with Crippen molar-refractivity contribution in [2.75, 3.05) is 6.54 Å². The summed E-state index contributed by atoms with van der Waals surface area (Å²) in [4.78, 5) is 35.6. The molecule has 2 aromatic carbocycles. The molecular weight excluding hydrogens is 489 g/mol. The van der Waals surface area contributed by atoms with Crippen LogP contribution in [0.5, 0.6) is 5.75 Å². The van der Waals surface area contributed by atoms with Crippen molar-refractivity contribution < 1.29 is 19.2 Å². The van der Waals surface area contributed by atoms with Crippen molar-refractivity contribution in [3.63, 3.8) is 0 Å². The van der Waals surface area contributed by atoms with Gasteiger partial charge in [0.2, 0.25) is 0 Å². The van der Waals surface area contributed by atoms with E-state index in [0.717, 1.165) is 14.7 Å². The highest BCUT2D eigenvalue weighted by Crippen LogP contribution is 2.25. The number of nitro benzene ring substituents is 1. The third-order valence-electron chi connectivity index (χ3n) is 4.22. The maximum Gasteiger partial charge on any atom is 0.329 e. The molecule has 8 nitrogen and oxygen atoms in total. The first-order valence-electron chi connectivity index (χ1n) is 8.89. The van der Waals surface area contributed by atoms with Gasteiger partial charge in [-0.3, -0.25) is 19.8 Å². The number of carbonyl (C=O) groups is 2. The summed E-state index contributed by atoms with van der Waals surface area (Å²) in [7, 11) is 0. The van der Waals surface area contributed by atoms with E-state index in [0.29, 0.717) is 18.7 Å². The Bertz CT molecular complexity index is 988. The van der Waals surface area contributed by atoms with Crippen molar-refractivity contribution in [2.45, 2.75) is 20.0 Å². The van der Waals surface area contributed by atoms with Gasteiger partial charge >= 0.3 is 6.03 Å². The topological polar surface area (TPSA) is 102 Å². The summed E-state index contributed by atoms with van der Waals surface area (Å²) in [6.45, 7) is 2.56. The summed E-state index contributed by atoms with van der Waals surface area (Å²) < 4.78 is 6.63. The molecule has 1 saturated heterocycles. The van der Waals surface area contributed by atoms with E-state index in [9.17, 15) is 19.7 Å². The van der Waals surface area contributed by atoms with Gasteiger partial charge in [0, 0.05) is 18.7 Å². The van der Waals surface area contributed by atoms with E-state index in [1.807, 2.05) is 13.0 Å². The zero-order valence-corrected chi connectivity index (χ0v) is 17.7. The fraction of sp³-hybridized carbons (Fsp3) is 0.200. The van der Waals surface area contributed by atoms with Crippen LogP contribution in [0.1, 0.15) is 24.5 Å². The van der Waals surface area contributed by atoms with Gasteiger partial charge in [-0.15, -0.1) is 0 Å². The first kappa shape index (κ1) is 20.8. The van der Waals surface area contributed by atoms with E-state index in [1.165, 1.54) is 17.0 Å². The van der Waals surface area contributed by atoms with Crippen LogP contribution in [0.15, 0.2) is 48.2 Å². The van der Waals surface area contributed by atoms with Crippen LogP contribution in [0.2, 0.25) is 0 Å². The van der Waals surface area contributed by atoms with Crippen molar-refractivity contribution in [2.24, 2.45) is 0 Å². The lowest BCUT2D eigenvalue weighted by atomic mass is 10.2. The molecule has 0 saturated carbocycles. The molecule has 3 rings (SSSR count). The second-order valence-corrected chi connectivity index (χ2v) is 7.51. The molecular formula is C20H18IN3O5. The van der Waals surface area contributed by atoms with Crippen molar-refractivity contribution in [3.05, 3.63) is 73.0 Å². The second-order valence-electron chi connectivity index (χ2n) is 6.35. The molecule has 150 valence electrons. The SMILES string of the molecule is CCCN1C(=O)N/C(=C/c2ccc(OCc3ccc([N+](=O)[O-])cc3)c(I)c2)C1=O. The van der Waals surface area contributed by atoms with Crippen LogP contribution in [0.3, 0.4) is 0 Å². The maximum atomic E-state index is 12.3. The molecule has 0 radical (unpaired) electrons. The molecule has 1 aliphatic heterocycles. The zero-order chi connectivity index (χ0) is 21.0. The van der Waals surface area contributed by atoms with Crippen molar-refractivity contribution in [3.8, 4) is 5.75 Å². The number of nitro groups is 1. The van der Waals surface area contributed by atoms with Gasteiger partial charge in [0.15, 0.2) is 0 Å². The summed E-state index contributed by atoms with van der Waals surface area (Å²) in [6, 6.07) is 11.2. The lowest BCUT2D eigenvalue weighted by Crippen LogP contribution is -2.31. The van der Waals surface area contributed by atoms with E-state index in [1.54, 1.807) is 30.3 Å². The number of urea groups is 1. The number of hydrogen-bond donors (Lipinski definition) is 1. The molecule has 9 heteroatoms. The van der Waals surface area contributed by atoms with Gasteiger partial charge < -0.3 is 10.1 Å². The molecule has 0 unspecified atom stereocenters. The summed E-state index contributed by atoms with van der Waals surface area (Å²) >= 11 is 2.13. The van der Waals surface area contributed by atoms with E-state index in [4.69, 9.17) is 4.74 Å². The van der Waals surface area contributed by atoms with Gasteiger partial charge in [-0.1, -0.05) is 13.0 Å². The Kier molecular flexibility index (Phi) is 6.47. The standard InChI is InChI=1S/C20H18IN3O5/c1-2-9-23-19(25)17(22-20(23)26)11-14-5-8-18(16(21)10-14)29-12-13-3-6-15(7-4-13)24(27)28/h3-8,10-11H,2,9,12H2,1H3,(H,22,26)/b17-11+. The fourth-order valence-corrected chi connectivity index (χ4v) is 3.46. The number of nitrogens with one attached hydrogen (secondary N) is 1. The smallest absolute Gasteiger partial charge is 0.329 e. The van der Waals surface area contributed by atoms with Crippen LogP contribution in [-0.4, -0.2) is 28.3 Å². The third kappa shape index (κ3) is 4.91. The number of nitrogens with zero attached hydrogens (tertiary/aromatic N) is 2. The monoisotopic (exact) mass is 507 g/mol. The van der Waals surface area contributed by atoms with E-state index < -0.39 is 11.0 Å². The van der Waals surface area contributed by atoms with Crippen molar-refractivity contribution in [1.29, 1.82) is 0 Å². The predicted octanol–water partition coefficient (Wildman–Crippen LogP) is 4.08. The molecule has 0 spiro atoms. The van der Waals surface area contributed by atoms with Crippen LogP contribution >= 0.6 is 22.6 Å². The number of benzene rings is 2. The molecule has 0 atom stereocenters. The summed E-state index contributed by atoms with van der Waals surface area (Å²) in [5, 5.41) is 13.3. The maximum absolute atomic E-state index is 12.3. The van der Waals surface area contributed by atoms with Gasteiger partial charge in [0.05, 0.1) is 8.49 Å². The first-order valence-corrected chi connectivity index (χ1v) is 9.97. The number of carbonyl (C=O) groups excluding carboxylic acids is 2. The summed E-state index contributed by atoms with van der Waals surface area (Å²) in [5.41, 5.74) is 1.86. The number of non-ortho nitro benzene ring substituents is 1. The van der Waals surface area contributed by atoms with E-state index in [2.05, 4.69) is 27.9 Å².